The number of aliphatic hydroxyl groups is 2. The summed E-state index contributed by atoms with van der Waals surface area (Å²) in [6.07, 6.45) is 2.82. The fourth-order valence-electron chi connectivity index (χ4n) is 6.36. The van der Waals surface area contributed by atoms with Crippen molar-refractivity contribution in [1.29, 1.82) is 5.26 Å². The first-order valence-electron chi connectivity index (χ1n) is 15.0. The number of nitrogens with two attached hydrogens (primary N) is 1. The number of hydrogen-bond donors (Lipinski definition) is 5. The molecule has 2 unspecified atom stereocenters. The molecule has 6 rings (SSSR count). The lowest BCUT2D eigenvalue weighted by molar-refractivity contribution is -0.314. The van der Waals surface area contributed by atoms with E-state index in [1.807, 2.05) is 4.90 Å². The molecule has 6 N–H and O–H groups in total. The van der Waals surface area contributed by atoms with Gasteiger partial charge in [-0.2, -0.15) is 15.2 Å². The first-order chi connectivity index (χ1) is 21.7. The largest absolute Gasteiger partial charge is 0.494 e. The molecule has 0 amide bonds. The summed E-state index contributed by atoms with van der Waals surface area (Å²) in [7, 11) is 1.43. The van der Waals surface area contributed by atoms with Crippen LogP contribution in [0.3, 0.4) is 0 Å². The first-order valence-corrected chi connectivity index (χ1v) is 16.2. The number of benzene rings is 2. The third kappa shape index (κ3) is 5.94. The van der Waals surface area contributed by atoms with Gasteiger partial charge in [-0.25, -0.2) is 9.71 Å². The third-order valence-corrected chi connectivity index (χ3v) is 9.75. The number of nitrogens with zero attached hydrogens (tertiary/aromatic N) is 4. The predicted octanol–water partition coefficient (Wildman–Crippen LogP) is 4.85. The van der Waals surface area contributed by atoms with Crippen LogP contribution in [0.1, 0.15) is 51.0 Å². The number of nitriles is 1. The Balaban J connectivity index is 1.54. The lowest BCUT2D eigenvalue weighted by Gasteiger charge is -2.35. The number of methoxy groups -OCH3 is 1. The minimum Gasteiger partial charge on any atom is -0.494 e. The number of aromatic nitrogens is 2. The molecule has 2 bridgehead atoms. The Hall–Kier alpha value is -3.51. The number of nitrogens with one attached hydrogen (secondary N) is 2. The molecule has 2 aromatic heterocycles. The topological polar surface area (TPSA) is 162 Å². The number of ether oxygens (including phenoxy) is 2. The summed E-state index contributed by atoms with van der Waals surface area (Å²) in [4.78, 5) is 10.9. The van der Waals surface area contributed by atoms with Crippen LogP contribution in [-0.4, -0.2) is 65.1 Å². The Bertz CT molecular complexity index is 1780. The Morgan fingerprint density at radius 3 is 2.67 bits per heavy atom. The van der Waals surface area contributed by atoms with E-state index in [1.165, 1.54) is 18.4 Å². The van der Waals surface area contributed by atoms with Gasteiger partial charge in [-0.15, -0.1) is 11.3 Å². The molecular weight excluding hydrogens is 621 g/mol. The average molecular weight is 656 g/mol. The smallest absolute Gasteiger partial charge is 0.394 e. The van der Waals surface area contributed by atoms with Crippen molar-refractivity contribution in [3.8, 4) is 29.0 Å². The number of unbranched alkanes of at least 4 members (excludes halogenated alkanes) is 3. The highest BCUT2D eigenvalue weighted by Crippen LogP contribution is 2.50. The lowest BCUT2D eigenvalue weighted by Crippen LogP contribution is -2.52. The van der Waals surface area contributed by atoms with Crippen molar-refractivity contribution >= 4 is 54.7 Å². The molecule has 14 heteroatoms. The van der Waals surface area contributed by atoms with Crippen molar-refractivity contribution in [3.05, 3.63) is 34.6 Å². The summed E-state index contributed by atoms with van der Waals surface area (Å²) in [6, 6.07) is 7.28. The van der Waals surface area contributed by atoms with Crippen molar-refractivity contribution in [2.45, 2.75) is 63.6 Å². The summed E-state index contributed by atoms with van der Waals surface area (Å²) in [5.74, 6) is -0.368. The molecule has 4 aromatic rings. The van der Waals surface area contributed by atoms with E-state index in [1.54, 1.807) is 18.2 Å². The quantitative estimate of drug-likeness (QED) is 0.111. The summed E-state index contributed by atoms with van der Waals surface area (Å²) >= 11 is 8.19. The monoisotopic (exact) mass is 655 g/mol. The van der Waals surface area contributed by atoms with E-state index >= 15 is 4.39 Å². The van der Waals surface area contributed by atoms with Gasteiger partial charge in [0.15, 0.2) is 11.6 Å². The number of anilines is 2. The third-order valence-electron chi connectivity index (χ3n) is 8.41. The minimum absolute atomic E-state index is 0.0207. The van der Waals surface area contributed by atoms with E-state index < -0.39 is 17.9 Å². The molecule has 2 aliphatic heterocycles. The summed E-state index contributed by atoms with van der Waals surface area (Å²) in [5, 5.41) is 38.3. The molecule has 45 heavy (non-hydrogen) atoms. The zero-order valence-electron chi connectivity index (χ0n) is 25.0. The maximum atomic E-state index is 17.0. The Labute approximate surface area is 268 Å². The van der Waals surface area contributed by atoms with Gasteiger partial charge >= 0.3 is 12.1 Å². The van der Waals surface area contributed by atoms with E-state index in [2.05, 4.69) is 33.6 Å². The second-order valence-electron chi connectivity index (χ2n) is 11.5. The molecule has 2 aromatic carbocycles. The second-order valence-corrected chi connectivity index (χ2v) is 12.9. The lowest BCUT2D eigenvalue weighted by atomic mass is 9.96. The predicted molar refractivity (Wildman–Crippen MR) is 173 cm³/mol. The molecule has 238 valence electrons. The molecule has 2 fully saturated rings. The van der Waals surface area contributed by atoms with Crippen molar-refractivity contribution in [1.82, 2.24) is 20.6 Å². The van der Waals surface area contributed by atoms with Gasteiger partial charge in [-0.1, -0.05) is 49.9 Å². The van der Waals surface area contributed by atoms with E-state index in [0.29, 0.717) is 46.0 Å². The molecule has 0 spiro atoms. The van der Waals surface area contributed by atoms with Gasteiger partial charge in [0.25, 0.3) is 0 Å². The van der Waals surface area contributed by atoms with Crippen LogP contribution >= 0.6 is 22.9 Å². The number of hydrogen-bond acceptors (Lipinski definition) is 12. The standard InChI is InChI=1S/C31H35ClFN7O4S/c1-3-4-5-6-12-36-31(41,42)44-30-38-26-23(29(39-30)40-14-16-10-11-17(15-40)37-16)27(43-2)24(32)22(25(26)33)18-8-7-9-20-21(18)19(13-34)28(35)45-20/h7-9,16-17,36-37,41-42H,3-6,10-12,14-15,35H2,1-2H3. The number of piperazine rings is 1. The minimum atomic E-state index is -2.81. The van der Waals surface area contributed by atoms with Crippen molar-refractivity contribution < 1.29 is 24.1 Å². The van der Waals surface area contributed by atoms with Crippen LogP contribution in [0, 0.1) is 17.1 Å². The van der Waals surface area contributed by atoms with Crippen molar-refractivity contribution in [3.63, 3.8) is 0 Å². The van der Waals surface area contributed by atoms with Crippen LogP contribution in [0.25, 0.3) is 32.1 Å². The van der Waals surface area contributed by atoms with Crippen molar-refractivity contribution in [2.75, 3.05) is 37.4 Å². The van der Waals surface area contributed by atoms with Crippen LogP contribution in [-0.2, 0) is 0 Å². The Morgan fingerprint density at radius 1 is 1.22 bits per heavy atom. The highest BCUT2D eigenvalue weighted by Gasteiger charge is 2.37. The number of rotatable bonds is 11. The maximum Gasteiger partial charge on any atom is 0.394 e. The van der Waals surface area contributed by atoms with Gasteiger partial charge in [0.05, 0.1) is 23.1 Å². The molecule has 4 heterocycles. The molecule has 2 atom stereocenters. The fourth-order valence-corrected chi connectivity index (χ4v) is 7.66. The SMILES string of the molecule is CCCCCCNC(O)(O)Oc1nc(N2CC3CCC(C2)N3)c2c(OC)c(Cl)c(-c3cccc4sc(N)c(C#N)c34)c(F)c2n1. The van der Waals surface area contributed by atoms with Crippen LogP contribution in [0.2, 0.25) is 5.02 Å². The van der Waals surface area contributed by atoms with Gasteiger partial charge < -0.3 is 35.6 Å². The second kappa shape index (κ2) is 12.7. The summed E-state index contributed by atoms with van der Waals surface area (Å²) in [5.41, 5.74) is 6.49. The normalized spacial score (nSPS) is 18.1. The average Bonchev–Trinajstić information content (AvgIpc) is 3.53. The molecule has 0 aliphatic carbocycles. The van der Waals surface area contributed by atoms with E-state index in [9.17, 15) is 15.5 Å². The van der Waals surface area contributed by atoms with Crippen LogP contribution in [0.4, 0.5) is 15.2 Å². The van der Waals surface area contributed by atoms with E-state index in [-0.39, 0.29) is 51.4 Å². The molecule has 2 saturated heterocycles. The number of nitrogen functional groups attached to an aromatic ring is 1. The highest BCUT2D eigenvalue weighted by atomic mass is 35.5. The number of halogens is 2. The Morgan fingerprint density at radius 2 is 1.98 bits per heavy atom. The summed E-state index contributed by atoms with van der Waals surface area (Å²) in [6.45, 7) is 3.50. The molecule has 2 aliphatic rings. The van der Waals surface area contributed by atoms with Gasteiger partial charge in [-0.3, -0.25) is 0 Å². The highest BCUT2D eigenvalue weighted by molar-refractivity contribution is 7.23. The Kier molecular flexibility index (Phi) is 8.89. The molecule has 11 nitrogen and oxygen atoms in total. The van der Waals surface area contributed by atoms with E-state index in [0.717, 1.165) is 32.1 Å². The zero-order valence-corrected chi connectivity index (χ0v) is 26.6. The first kappa shape index (κ1) is 31.5. The zero-order chi connectivity index (χ0) is 31.9. The van der Waals surface area contributed by atoms with Gasteiger partial charge in [0.2, 0.25) is 0 Å². The van der Waals surface area contributed by atoms with Crippen LogP contribution < -0.4 is 30.7 Å². The molecule has 0 radical (unpaired) electrons. The van der Waals surface area contributed by atoms with Gasteiger partial charge in [0, 0.05) is 47.4 Å². The number of thiophene rings is 1. The van der Waals surface area contributed by atoms with Gasteiger partial charge in [0.1, 0.15) is 22.4 Å². The fraction of sp³-hybridized carbons (Fsp3) is 0.452. The van der Waals surface area contributed by atoms with Gasteiger partial charge in [-0.05, 0) is 30.9 Å². The maximum absolute atomic E-state index is 17.0. The van der Waals surface area contributed by atoms with Crippen LogP contribution in [0.5, 0.6) is 11.8 Å². The van der Waals surface area contributed by atoms with E-state index in [4.69, 9.17) is 26.8 Å². The van der Waals surface area contributed by atoms with Crippen molar-refractivity contribution in [2.24, 2.45) is 0 Å². The summed E-state index contributed by atoms with van der Waals surface area (Å²) < 4.78 is 29.0. The number of fused-ring (bicyclic) bond motifs is 4. The molecule has 0 saturated carbocycles. The molecular formula is C31H35ClFN7O4S. The van der Waals surface area contributed by atoms with Crippen LogP contribution in [0.15, 0.2) is 18.2 Å².